The molecule has 0 bridgehead atoms. The van der Waals surface area contributed by atoms with Gasteiger partial charge in [-0.15, -0.1) is 0 Å². The second-order valence-electron chi connectivity index (χ2n) is 7.41. The van der Waals surface area contributed by atoms with Crippen LogP contribution in [-0.2, 0) is 4.79 Å². The van der Waals surface area contributed by atoms with Crippen LogP contribution in [-0.4, -0.2) is 45.0 Å². The van der Waals surface area contributed by atoms with E-state index in [9.17, 15) is 49.5 Å². The van der Waals surface area contributed by atoms with E-state index in [1.54, 1.807) is 0 Å². The van der Waals surface area contributed by atoms with Crippen LogP contribution in [0.3, 0.4) is 0 Å². The summed E-state index contributed by atoms with van der Waals surface area (Å²) in [6.07, 6.45) is 0. The van der Waals surface area contributed by atoms with Gasteiger partial charge < -0.3 is 11.1 Å². The molecule has 1 aliphatic carbocycles. The summed E-state index contributed by atoms with van der Waals surface area (Å²) in [6.45, 7) is 0. The molecule has 2 unspecified atom stereocenters. The number of benzene rings is 2. The summed E-state index contributed by atoms with van der Waals surface area (Å²) < 4.78 is 112. The molecule has 2 atom stereocenters. The van der Waals surface area contributed by atoms with Gasteiger partial charge in [0.1, 0.15) is 0 Å². The summed E-state index contributed by atoms with van der Waals surface area (Å²) in [6, 6.07) is 6.70. The van der Waals surface area contributed by atoms with E-state index in [-0.39, 0.29) is 16.8 Å². The normalized spacial score (nSPS) is 17.5. The second kappa shape index (κ2) is 8.45. The Bertz CT molecular complexity index is 1300. The maximum atomic E-state index is 14.5. The molecule has 0 aromatic heterocycles. The fourth-order valence-corrected chi connectivity index (χ4v) is 3.78. The predicted octanol–water partition coefficient (Wildman–Crippen LogP) is 5.89. The van der Waals surface area contributed by atoms with Gasteiger partial charge in [0.15, 0.2) is 11.6 Å². The molecule has 0 spiro atoms. The van der Waals surface area contributed by atoms with Crippen LogP contribution in [0.2, 0.25) is 0 Å². The molecule has 0 saturated heterocycles. The largest absolute Gasteiger partial charge is 0.398 e. The van der Waals surface area contributed by atoms with E-state index in [0.29, 0.717) is 6.07 Å². The van der Waals surface area contributed by atoms with Crippen LogP contribution in [0.5, 0.6) is 0 Å². The quantitative estimate of drug-likeness (QED) is 0.215. The zero-order valence-corrected chi connectivity index (χ0v) is 19.2. The average molecular weight is 584 g/mol. The van der Waals surface area contributed by atoms with Gasteiger partial charge in [0.25, 0.3) is 5.91 Å². The number of nitrogens with one attached hydrogen (secondary N) is 1. The third kappa shape index (κ3) is 3.79. The summed E-state index contributed by atoms with van der Waals surface area (Å²) in [7, 11) is 0. The Balaban J connectivity index is 2.07. The van der Waals surface area contributed by atoms with Crippen LogP contribution in [0.15, 0.2) is 36.4 Å². The number of amides is 1. The smallest absolute Gasteiger partial charge is 0.378 e. The molecule has 16 heteroatoms. The van der Waals surface area contributed by atoms with E-state index in [0.717, 1.165) is 6.07 Å². The highest BCUT2D eigenvalue weighted by Gasteiger charge is 2.84. The number of alkyl halides is 11. The van der Waals surface area contributed by atoms with Crippen LogP contribution < -0.4 is 11.1 Å². The molecule has 3 N–H and O–H groups in total. The minimum absolute atomic E-state index is 0.137. The van der Waals surface area contributed by atoms with Crippen molar-refractivity contribution in [2.45, 2.75) is 27.5 Å². The van der Waals surface area contributed by atoms with E-state index in [2.05, 4.69) is 34.8 Å². The molecule has 2 aromatic carbocycles. The SMILES string of the molecule is Nc1ccc(NC(=O)C(F)(F)C(F)(Cl)C(F)(F)C(F)(Cl)C(F)(F)Cl)c2c1C(=O)c1ccccc1C2=O. The van der Waals surface area contributed by atoms with Gasteiger partial charge in [-0.25, -0.2) is 8.78 Å². The van der Waals surface area contributed by atoms with Crippen LogP contribution in [0.4, 0.5) is 46.5 Å². The van der Waals surface area contributed by atoms with E-state index in [1.165, 1.54) is 29.6 Å². The monoisotopic (exact) mass is 582 g/mol. The van der Waals surface area contributed by atoms with E-state index < -0.39 is 61.8 Å². The van der Waals surface area contributed by atoms with Gasteiger partial charge in [-0.2, -0.15) is 26.3 Å². The third-order valence-electron chi connectivity index (χ3n) is 5.18. The van der Waals surface area contributed by atoms with Crippen molar-refractivity contribution in [1.29, 1.82) is 0 Å². The Morgan fingerprint density at radius 1 is 0.750 bits per heavy atom. The van der Waals surface area contributed by atoms with Crippen molar-refractivity contribution in [3.05, 3.63) is 58.7 Å². The number of nitrogen functional groups attached to an aromatic ring is 1. The zero-order valence-electron chi connectivity index (χ0n) is 16.9. The van der Waals surface area contributed by atoms with Crippen molar-refractivity contribution < 1.29 is 49.5 Å². The molecule has 0 heterocycles. The standard InChI is InChI=1S/C20H9Cl3F8N2O3/c21-17(26,19(28,29)18(22,27)20(23,30)31)16(24,25)15(36)33-10-6-5-9(32)11-12(10)14(35)8-4-2-1-3-7(8)13(11)34/h1-6H,32H2,(H,33,36). The molecule has 2 aromatic rings. The Morgan fingerprint density at radius 3 is 1.69 bits per heavy atom. The lowest BCUT2D eigenvalue weighted by Gasteiger charge is -2.39. The maximum Gasteiger partial charge on any atom is 0.378 e. The maximum absolute atomic E-state index is 14.5. The molecule has 1 aliphatic rings. The first-order valence-electron chi connectivity index (χ1n) is 9.22. The first-order chi connectivity index (χ1) is 16.2. The first kappa shape index (κ1) is 27.9. The number of rotatable bonds is 6. The molecule has 0 aliphatic heterocycles. The topological polar surface area (TPSA) is 89.3 Å². The summed E-state index contributed by atoms with van der Waals surface area (Å²) in [5, 5.41) is -16.9. The van der Waals surface area contributed by atoms with Crippen LogP contribution in [0.25, 0.3) is 0 Å². The summed E-state index contributed by atoms with van der Waals surface area (Å²) >= 11 is 12.8. The van der Waals surface area contributed by atoms with E-state index in [1.807, 2.05) is 0 Å². The van der Waals surface area contributed by atoms with Crippen molar-refractivity contribution in [3.63, 3.8) is 0 Å². The van der Waals surface area contributed by atoms with Gasteiger partial charge in [-0.1, -0.05) is 47.5 Å². The molecule has 3 rings (SSSR count). The minimum atomic E-state index is -6.69. The lowest BCUT2D eigenvalue weighted by molar-refractivity contribution is -0.258. The highest BCUT2D eigenvalue weighted by atomic mass is 35.5. The average Bonchev–Trinajstić information content (AvgIpc) is 2.77. The second-order valence-corrected chi connectivity index (χ2v) is 8.92. The zero-order chi connectivity index (χ0) is 27.6. The highest BCUT2D eigenvalue weighted by Crippen LogP contribution is 2.60. The summed E-state index contributed by atoms with van der Waals surface area (Å²) in [5.74, 6) is -17.8. The van der Waals surface area contributed by atoms with Crippen molar-refractivity contribution in [2.24, 2.45) is 0 Å². The first-order valence-corrected chi connectivity index (χ1v) is 10.4. The molecule has 5 nitrogen and oxygen atoms in total. The van der Waals surface area contributed by atoms with Crippen LogP contribution >= 0.6 is 34.8 Å². The fraction of sp³-hybridized carbons (Fsp3) is 0.250. The van der Waals surface area contributed by atoms with Gasteiger partial charge in [0.05, 0.1) is 16.8 Å². The Hall–Kier alpha value is -2.64. The third-order valence-corrected chi connectivity index (χ3v) is 6.49. The lowest BCUT2D eigenvalue weighted by atomic mass is 9.82. The fourth-order valence-electron chi connectivity index (χ4n) is 3.27. The Labute approximate surface area is 210 Å². The summed E-state index contributed by atoms with van der Waals surface area (Å²) in [4.78, 5) is 37.9. The molecule has 0 fully saturated rings. The molecule has 36 heavy (non-hydrogen) atoms. The Morgan fingerprint density at radius 2 is 1.22 bits per heavy atom. The van der Waals surface area contributed by atoms with Gasteiger partial charge >= 0.3 is 27.5 Å². The van der Waals surface area contributed by atoms with Gasteiger partial charge in [0, 0.05) is 16.8 Å². The molecule has 194 valence electrons. The van der Waals surface area contributed by atoms with Crippen molar-refractivity contribution in [2.75, 3.05) is 11.1 Å². The number of anilines is 2. The van der Waals surface area contributed by atoms with Crippen molar-refractivity contribution >= 4 is 63.7 Å². The Kier molecular flexibility index (Phi) is 6.56. The molecule has 0 saturated carbocycles. The molecule has 0 radical (unpaired) electrons. The highest BCUT2D eigenvalue weighted by molar-refractivity contribution is 6.35. The van der Waals surface area contributed by atoms with Crippen molar-refractivity contribution in [3.8, 4) is 0 Å². The summed E-state index contributed by atoms with van der Waals surface area (Å²) in [5.41, 5.74) is 2.70. The van der Waals surface area contributed by atoms with Crippen molar-refractivity contribution in [1.82, 2.24) is 0 Å². The van der Waals surface area contributed by atoms with Crippen LogP contribution in [0.1, 0.15) is 31.8 Å². The van der Waals surface area contributed by atoms with Gasteiger partial charge in [0.2, 0.25) is 0 Å². The van der Waals surface area contributed by atoms with Crippen LogP contribution in [0, 0.1) is 0 Å². The number of ketones is 2. The number of hydrogen-bond donors (Lipinski definition) is 2. The van der Waals surface area contributed by atoms with Gasteiger partial charge in [-0.3, -0.25) is 14.4 Å². The number of hydrogen-bond acceptors (Lipinski definition) is 4. The lowest BCUT2D eigenvalue weighted by Crippen LogP contribution is -2.67. The predicted molar refractivity (Wildman–Crippen MR) is 113 cm³/mol. The number of nitrogens with two attached hydrogens (primary N) is 1. The number of carbonyl (C=O) groups is 3. The molecular formula is C20H9Cl3F8N2O3. The molecular weight excluding hydrogens is 575 g/mol. The van der Waals surface area contributed by atoms with Gasteiger partial charge in [-0.05, 0) is 23.7 Å². The number of carbonyl (C=O) groups excluding carboxylic acids is 3. The number of halogens is 11. The molecule has 1 amide bonds. The van der Waals surface area contributed by atoms with E-state index >= 15 is 0 Å². The number of fused-ring (bicyclic) bond motifs is 2. The van der Waals surface area contributed by atoms with E-state index in [4.69, 9.17) is 5.73 Å². The minimum Gasteiger partial charge on any atom is -0.398 e.